The maximum atomic E-state index is 12.3. The van der Waals surface area contributed by atoms with Crippen LogP contribution in [-0.2, 0) is 10.0 Å². The molecule has 0 amide bonds. The second-order valence-electron chi connectivity index (χ2n) is 3.42. The Balaban J connectivity index is 3.11. The Bertz CT molecular complexity index is 543. The summed E-state index contributed by atoms with van der Waals surface area (Å²) < 4.78 is 26.3. The third kappa shape index (κ3) is 3.91. The summed E-state index contributed by atoms with van der Waals surface area (Å²) in [6, 6.07) is 2.85. The summed E-state index contributed by atoms with van der Waals surface area (Å²) in [7, 11) is -3.67. The van der Waals surface area contributed by atoms with Gasteiger partial charge in [-0.2, -0.15) is 4.31 Å². The molecule has 0 saturated heterocycles. The highest BCUT2D eigenvalue weighted by atomic mass is 79.9. The lowest BCUT2D eigenvalue weighted by molar-refractivity contribution is 0.470. The molecule has 1 aromatic heterocycles. The molecule has 18 heavy (non-hydrogen) atoms. The standard InChI is InChI=1S/C11H12BrClN2O2S/c1-3-6-15(8-9(2)12)18(16,17)11-5-4-10(13)7-14-11/h3-5,7H,1-2,6,8H2. The van der Waals surface area contributed by atoms with E-state index < -0.39 is 10.0 Å². The Morgan fingerprint density at radius 2 is 2.22 bits per heavy atom. The van der Waals surface area contributed by atoms with Crippen LogP contribution in [0.15, 0.2) is 47.1 Å². The predicted molar refractivity (Wildman–Crippen MR) is 76.3 cm³/mol. The summed E-state index contributed by atoms with van der Waals surface area (Å²) in [5, 5.41) is 0.330. The Labute approximate surface area is 120 Å². The quantitative estimate of drug-likeness (QED) is 0.741. The highest BCUT2D eigenvalue weighted by molar-refractivity contribution is 9.11. The third-order valence-corrected chi connectivity index (χ3v) is 4.19. The van der Waals surface area contributed by atoms with Crippen molar-refractivity contribution in [2.24, 2.45) is 0 Å². The zero-order valence-electron chi connectivity index (χ0n) is 9.51. The van der Waals surface area contributed by atoms with Gasteiger partial charge in [0.1, 0.15) is 0 Å². The molecule has 0 radical (unpaired) electrons. The van der Waals surface area contributed by atoms with Gasteiger partial charge in [0.25, 0.3) is 10.0 Å². The minimum Gasteiger partial charge on any atom is -0.242 e. The van der Waals surface area contributed by atoms with Crippen LogP contribution < -0.4 is 0 Å². The number of sulfonamides is 1. The largest absolute Gasteiger partial charge is 0.261 e. The van der Waals surface area contributed by atoms with Crippen molar-refractivity contribution >= 4 is 37.6 Å². The molecule has 1 aromatic rings. The molecule has 0 spiro atoms. The van der Waals surface area contributed by atoms with Gasteiger partial charge in [0.05, 0.1) is 5.02 Å². The Kier molecular flexibility index (Phi) is 5.52. The fourth-order valence-corrected chi connectivity index (χ4v) is 3.13. The van der Waals surface area contributed by atoms with Crippen LogP contribution in [0.2, 0.25) is 5.02 Å². The third-order valence-electron chi connectivity index (χ3n) is 1.99. The van der Waals surface area contributed by atoms with Crippen molar-refractivity contribution < 1.29 is 8.42 Å². The zero-order valence-corrected chi connectivity index (χ0v) is 12.7. The van der Waals surface area contributed by atoms with E-state index in [1.165, 1.54) is 28.7 Å². The number of aromatic nitrogens is 1. The van der Waals surface area contributed by atoms with Gasteiger partial charge in [-0.15, -0.1) is 6.58 Å². The zero-order chi connectivity index (χ0) is 13.8. The van der Waals surface area contributed by atoms with E-state index in [4.69, 9.17) is 11.6 Å². The lowest BCUT2D eigenvalue weighted by Gasteiger charge is -2.19. The molecule has 0 bridgehead atoms. The summed E-state index contributed by atoms with van der Waals surface area (Å²) in [5.41, 5.74) is 0. The molecular weight excluding hydrogens is 340 g/mol. The van der Waals surface area contributed by atoms with E-state index in [0.29, 0.717) is 9.51 Å². The van der Waals surface area contributed by atoms with Gasteiger partial charge in [0.2, 0.25) is 0 Å². The lowest BCUT2D eigenvalue weighted by Crippen LogP contribution is -2.32. The summed E-state index contributed by atoms with van der Waals surface area (Å²) in [5.74, 6) is 0. The summed E-state index contributed by atoms with van der Waals surface area (Å²) >= 11 is 8.82. The molecule has 0 unspecified atom stereocenters. The van der Waals surface area contributed by atoms with Crippen molar-refractivity contribution in [1.29, 1.82) is 0 Å². The van der Waals surface area contributed by atoms with Gasteiger partial charge < -0.3 is 0 Å². The lowest BCUT2D eigenvalue weighted by atomic mass is 10.5. The molecule has 4 nitrogen and oxygen atoms in total. The number of rotatable bonds is 6. The first kappa shape index (κ1) is 15.4. The van der Waals surface area contributed by atoms with E-state index in [9.17, 15) is 8.42 Å². The number of halogens is 2. The van der Waals surface area contributed by atoms with Crippen LogP contribution in [0.3, 0.4) is 0 Å². The van der Waals surface area contributed by atoms with E-state index in [1.807, 2.05) is 0 Å². The summed E-state index contributed by atoms with van der Waals surface area (Å²) in [4.78, 5) is 3.82. The molecule has 0 aliphatic rings. The van der Waals surface area contributed by atoms with Gasteiger partial charge >= 0.3 is 0 Å². The van der Waals surface area contributed by atoms with Crippen molar-refractivity contribution in [2.75, 3.05) is 13.1 Å². The molecule has 98 valence electrons. The summed E-state index contributed by atoms with van der Waals surface area (Å²) in [6.45, 7) is 7.50. The highest BCUT2D eigenvalue weighted by Gasteiger charge is 2.24. The van der Waals surface area contributed by atoms with E-state index in [0.717, 1.165) is 0 Å². The van der Waals surface area contributed by atoms with Crippen molar-refractivity contribution in [1.82, 2.24) is 9.29 Å². The first-order valence-electron chi connectivity index (χ1n) is 4.94. The topological polar surface area (TPSA) is 50.3 Å². The first-order valence-corrected chi connectivity index (χ1v) is 7.55. The van der Waals surface area contributed by atoms with Gasteiger partial charge in [-0.1, -0.05) is 40.2 Å². The van der Waals surface area contributed by atoms with Gasteiger partial charge in [0, 0.05) is 23.8 Å². The normalized spacial score (nSPS) is 11.5. The van der Waals surface area contributed by atoms with E-state index >= 15 is 0 Å². The molecule has 7 heteroatoms. The Morgan fingerprint density at radius 3 is 2.67 bits per heavy atom. The van der Waals surface area contributed by atoms with Crippen LogP contribution in [0.1, 0.15) is 0 Å². The second kappa shape index (κ2) is 6.47. The van der Waals surface area contributed by atoms with E-state index in [-0.39, 0.29) is 18.1 Å². The monoisotopic (exact) mass is 350 g/mol. The van der Waals surface area contributed by atoms with Crippen LogP contribution in [0.25, 0.3) is 0 Å². The van der Waals surface area contributed by atoms with Crippen LogP contribution in [-0.4, -0.2) is 30.8 Å². The number of pyridine rings is 1. The Morgan fingerprint density at radius 1 is 1.56 bits per heavy atom. The van der Waals surface area contributed by atoms with E-state index in [1.54, 1.807) is 0 Å². The van der Waals surface area contributed by atoms with Gasteiger partial charge in [-0.3, -0.25) is 0 Å². The van der Waals surface area contributed by atoms with Crippen molar-refractivity contribution in [3.63, 3.8) is 0 Å². The Hall–Kier alpha value is -0.690. The number of hydrogen-bond acceptors (Lipinski definition) is 3. The average molecular weight is 352 g/mol. The highest BCUT2D eigenvalue weighted by Crippen LogP contribution is 2.17. The molecular formula is C11H12BrClN2O2S. The minimum atomic E-state index is -3.67. The van der Waals surface area contributed by atoms with Gasteiger partial charge in [-0.05, 0) is 12.1 Å². The first-order chi connectivity index (χ1) is 8.37. The molecule has 0 aromatic carbocycles. The molecule has 1 rings (SSSR count). The van der Waals surface area contributed by atoms with Crippen LogP contribution in [0, 0.1) is 0 Å². The molecule has 1 heterocycles. The average Bonchev–Trinajstić information content (AvgIpc) is 2.28. The van der Waals surface area contributed by atoms with Gasteiger partial charge in [-0.25, -0.2) is 13.4 Å². The number of nitrogens with zero attached hydrogens (tertiary/aromatic N) is 2. The van der Waals surface area contributed by atoms with Crippen molar-refractivity contribution in [3.05, 3.63) is 47.1 Å². The second-order valence-corrected chi connectivity index (χ2v) is 6.86. The van der Waals surface area contributed by atoms with Crippen molar-refractivity contribution in [2.45, 2.75) is 5.03 Å². The fourth-order valence-electron chi connectivity index (χ4n) is 1.23. The fraction of sp³-hybridized carbons (Fsp3) is 0.182. The smallest absolute Gasteiger partial charge is 0.242 e. The van der Waals surface area contributed by atoms with Gasteiger partial charge in [0.15, 0.2) is 5.03 Å². The van der Waals surface area contributed by atoms with E-state index in [2.05, 4.69) is 34.1 Å². The molecule has 0 saturated carbocycles. The van der Waals surface area contributed by atoms with Crippen LogP contribution >= 0.6 is 27.5 Å². The predicted octanol–water partition coefficient (Wildman–Crippen LogP) is 2.82. The molecule has 0 atom stereocenters. The molecule has 0 N–H and O–H groups in total. The maximum Gasteiger partial charge on any atom is 0.261 e. The van der Waals surface area contributed by atoms with Crippen LogP contribution in [0.5, 0.6) is 0 Å². The SMILES string of the molecule is C=CCN(CC(=C)Br)S(=O)(=O)c1ccc(Cl)cn1. The summed E-state index contributed by atoms with van der Waals surface area (Å²) in [6.07, 6.45) is 2.80. The van der Waals surface area contributed by atoms with Crippen molar-refractivity contribution in [3.8, 4) is 0 Å². The minimum absolute atomic E-state index is 0.0532. The molecule has 0 aliphatic heterocycles. The number of hydrogen-bond donors (Lipinski definition) is 0. The molecule has 0 fully saturated rings. The molecule has 0 aliphatic carbocycles. The van der Waals surface area contributed by atoms with Crippen LogP contribution in [0.4, 0.5) is 0 Å². The maximum absolute atomic E-state index is 12.3.